The summed E-state index contributed by atoms with van der Waals surface area (Å²) in [5, 5.41) is 8.59. The topological polar surface area (TPSA) is 84.4 Å². The second kappa shape index (κ2) is 3.57. The molecule has 0 atom stereocenters. The largest absolute Gasteiger partial charge is 0.441 e. The molecule has 0 aliphatic heterocycles. The van der Waals surface area contributed by atoms with E-state index >= 15 is 0 Å². The molecule has 2 heterocycles. The fraction of sp³-hybridized carbons (Fsp3) is 0.250. The summed E-state index contributed by atoms with van der Waals surface area (Å²) in [7, 11) is 0.188. The molecule has 74 valence electrons. The van der Waals surface area contributed by atoms with Crippen molar-refractivity contribution in [3.63, 3.8) is 0 Å². The smallest absolute Gasteiger partial charge is 0.318 e. The van der Waals surface area contributed by atoms with Crippen molar-refractivity contribution in [3.05, 3.63) is 12.7 Å². The summed E-state index contributed by atoms with van der Waals surface area (Å²) < 4.78 is 3.48. The van der Waals surface area contributed by atoms with E-state index in [9.17, 15) is 0 Å². The van der Waals surface area contributed by atoms with Crippen molar-refractivity contribution < 1.29 is 4.48 Å². The van der Waals surface area contributed by atoms with E-state index < -0.39 is 0 Å². The first-order valence-electron chi connectivity index (χ1n) is 4.63. The van der Waals surface area contributed by atoms with Gasteiger partial charge in [-0.15, -0.1) is 0 Å². The standard InChI is InChI=1S/C8H9BN6/c1-2-14-4-12-6-7(11)15(9-3-10)5-13-8(6)14/h4-5,9,11H,2H2,1H3/p+1. The van der Waals surface area contributed by atoms with E-state index in [2.05, 4.69) is 9.97 Å². The highest BCUT2D eigenvalue weighted by Crippen LogP contribution is 2.12. The van der Waals surface area contributed by atoms with E-state index in [1.807, 2.05) is 17.5 Å². The summed E-state index contributed by atoms with van der Waals surface area (Å²) >= 11 is 0. The summed E-state index contributed by atoms with van der Waals surface area (Å²) in [4.78, 5) is 8.40. The van der Waals surface area contributed by atoms with Gasteiger partial charge in [0.15, 0.2) is 5.52 Å². The van der Waals surface area contributed by atoms with Crippen molar-refractivity contribution in [1.82, 2.24) is 14.5 Å². The number of aryl methyl sites for hydroxylation is 1. The molecule has 7 heteroatoms. The van der Waals surface area contributed by atoms with Crippen LogP contribution in [0, 0.1) is 11.2 Å². The van der Waals surface area contributed by atoms with E-state index in [4.69, 9.17) is 11.0 Å². The highest BCUT2D eigenvalue weighted by atomic mass is 15.1. The van der Waals surface area contributed by atoms with Gasteiger partial charge in [0, 0.05) is 6.54 Å². The highest BCUT2D eigenvalue weighted by molar-refractivity contribution is 6.35. The maximum Gasteiger partial charge on any atom is 0.441 e. The van der Waals surface area contributed by atoms with Gasteiger partial charge in [0.1, 0.15) is 0 Å². The molecular weight excluding hydrogens is 191 g/mol. The molecule has 0 aliphatic carbocycles. The minimum atomic E-state index is 0.188. The monoisotopic (exact) mass is 201 g/mol. The first-order chi connectivity index (χ1) is 7.27. The molecular formula is C8H10BN6+. The molecule has 0 unspecified atom stereocenters. The molecule has 0 radical (unpaired) electrons. The van der Waals surface area contributed by atoms with Crippen LogP contribution in [0.2, 0.25) is 0 Å². The predicted molar refractivity (Wildman–Crippen MR) is 56.0 cm³/mol. The minimum Gasteiger partial charge on any atom is -0.318 e. The second-order valence-electron chi connectivity index (χ2n) is 3.12. The molecule has 2 N–H and O–H groups in total. The third-order valence-electron chi connectivity index (χ3n) is 2.26. The summed E-state index contributed by atoms with van der Waals surface area (Å²) in [5.74, 6) is 2.50. The molecule has 2 aromatic heterocycles. The Hall–Kier alpha value is -2.10. The highest BCUT2D eigenvalue weighted by Gasteiger charge is 2.15. The quantitative estimate of drug-likeness (QED) is 0.631. The Bertz CT molecular complexity index is 540. The number of aromatic nitrogens is 4. The summed E-state index contributed by atoms with van der Waals surface area (Å²) in [6.07, 6.45) is 3.26. The average Bonchev–Trinajstić information content (AvgIpc) is 2.66. The molecule has 0 fully saturated rings. The zero-order valence-electron chi connectivity index (χ0n) is 8.38. The average molecular weight is 201 g/mol. The molecule has 0 saturated heterocycles. The number of anilines is 1. The molecule has 15 heavy (non-hydrogen) atoms. The number of nitriles is 1. The van der Waals surface area contributed by atoms with Gasteiger partial charge in [0.25, 0.3) is 0 Å². The first-order valence-corrected chi connectivity index (χ1v) is 4.63. The fourth-order valence-corrected chi connectivity index (χ4v) is 1.45. The number of fused-ring (bicyclic) bond motifs is 1. The molecule has 6 nitrogen and oxygen atoms in total. The third-order valence-corrected chi connectivity index (χ3v) is 2.26. The number of nitrogens with two attached hydrogens (primary N) is 1. The van der Waals surface area contributed by atoms with Crippen molar-refractivity contribution in [2.24, 2.45) is 0 Å². The first kappa shape index (κ1) is 9.46. The molecule has 0 amide bonds. The molecule has 0 bridgehead atoms. The van der Waals surface area contributed by atoms with Crippen molar-refractivity contribution in [2.75, 3.05) is 5.73 Å². The van der Waals surface area contributed by atoms with Gasteiger partial charge in [-0.05, 0) is 6.92 Å². The van der Waals surface area contributed by atoms with E-state index in [0.717, 1.165) is 12.2 Å². The SMILES string of the molecule is CCn1cnc2c(N)[n+](BC#N)cnc21. The van der Waals surface area contributed by atoms with Gasteiger partial charge in [0.05, 0.1) is 12.3 Å². The van der Waals surface area contributed by atoms with Crippen LogP contribution < -0.4 is 10.2 Å². The number of hydrogen-bond donors (Lipinski definition) is 1. The van der Waals surface area contributed by atoms with Crippen LogP contribution in [0.25, 0.3) is 11.2 Å². The number of imidazole rings is 1. The van der Waals surface area contributed by atoms with Crippen LogP contribution in [0.15, 0.2) is 12.7 Å². The normalized spacial score (nSPS) is 10.1. The number of nitrogens with zero attached hydrogens (tertiary/aromatic N) is 5. The number of rotatable bonds is 2. The van der Waals surface area contributed by atoms with Crippen molar-refractivity contribution in [3.8, 4) is 5.97 Å². The number of nitrogen functional groups attached to an aromatic ring is 1. The van der Waals surface area contributed by atoms with Crippen LogP contribution >= 0.6 is 0 Å². The zero-order valence-corrected chi connectivity index (χ0v) is 8.38. The van der Waals surface area contributed by atoms with Crippen molar-refractivity contribution in [2.45, 2.75) is 13.5 Å². The lowest BCUT2D eigenvalue weighted by Gasteiger charge is -1.98. The van der Waals surface area contributed by atoms with Gasteiger partial charge in [-0.25, -0.2) is 10.2 Å². The Labute approximate surface area is 87.2 Å². The fourth-order valence-electron chi connectivity index (χ4n) is 1.45. The predicted octanol–water partition coefficient (Wildman–Crippen LogP) is -0.998. The molecule has 0 spiro atoms. The van der Waals surface area contributed by atoms with Crippen LogP contribution in [0.4, 0.5) is 5.82 Å². The van der Waals surface area contributed by atoms with Crippen LogP contribution in [0.5, 0.6) is 0 Å². The molecule has 0 saturated carbocycles. The van der Waals surface area contributed by atoms with Crippen LogP contribution in [-0.4, -0.2) is 21.9 Å². The Morgan fingerprint density at radius 1 is 1.67 bits per heavy atom. The molecule has 0 aromatic carbocycles. The lowest BCUT2D eigenvalue weighted by molar-refractivity contribution is -0.513. The van der Waals surface area contributed by atoms with Gasteiger partial charge in [-0.3, -0.25) is 4.48 Å². The molecule has 0 aliphatic rings. The Balaban J connectivity index is 2.65. The Kier molecular flexibility index (Phi) is 2.25. The van der Waals surface area contributed by atoms with Gasteiger partial charge >= 0.3 is 7.41 Å². The third kappa shape index (κ3) is 1.40. The minimum absolute atomic E-state index is 0.188. The van der Waals surface area contributed by atoms with E-state index in [0.29, 0.717) is 11.3 Å². The Morgan fingerprint density at radius 3 is 3.13 bits per heavy atom. The lowest BCUT2D eigenvalue weighted by atomic mass is 9.98. The summed E-state index contributed by atoms with van der Waals surface area (Å²) in [5.41, 5.74) is 7.27. The van der Waals surface area contributed by atoms with Gasteiger partial charge < -0.3 is 10.3 Å². The molecule has 2 aromatic rings. The van der Waals surface area contributed by atoms with Crippen LogP contribution in [0.3, 0.4) is 0 Å². The Morgan fingerprint density at radius 2 is 2.47 bits per heavy atom. The van der Waals surface area contributed by atoms with Gasteiger partial charge in [-0.2, -0.15) is 0 Å². The summed E-state index contributed by atoms with van der Waals surface area (Å²) in [6.45, 7) is 2.81. The number of hydrogen-bond acceptors (Lipinski definition) is 4. The van der Waals surface area contributed by atoms with Gasteiger partial charge in [-0.1, -0.05) is 4.98 Å². The van der Waals surface area contributed by atoms with Crippen molar-refractivity contribution in [1.29, 1.82) is 5.26 Å². The van der Waals surface area contributed by atoms with Crippen molar-refractivity contribution >= 4 is 24.4 Å². The maximum absolute atomic E-state index is 8.59. The van der Waals surface area contributed by atoms with Crippen LogP contribution in [-0.2, 0) is 6.54 Å². The maximum atomic E-state index is 8.59. The zero-order chi connectivity index (χ0) is 10.8. The summed E-state index contributed by atoms with van der Waals surface area (Å²) in [6, 6.07) is 0. The van der Waals surface area contributed by atoms with E-state index in [1.165, 1.54) is 0 Å². The molecule has 2 rings (SSSR count). The van der Waals surface area contributed by atoms with Crippen LogP contribution in [0.1, 0.15) is 6.92 Å². The van der Waals surface area contributed by atoms with Gasteiger partial charge in [0.2, 0.25) is 17.8 Å². The van der Waals surface area contributed by atoms with E-state index in [-0.39, 0.29) is 7.41 Å². The second-order valence-corrected chi connectivity index (χ2v) is 3.12. The van der Waals surface area contributed by atoms with E-state index in [1.54, 1.807) is 17.1 Å². The lowest BCUT2D eigenvalue weighted by Crippen LogP contribution is -2.42.